The van der Waals surface area contributed by atoms with E-state index in [4.69, 9.17) is 9.47 Å². The number of piperazine rings is 1. The zero-order valence-electron chi connectivity index (χ0n) is 20.7. The van der Waals surface area contributed by atoms with Crippen LogP contribution in [0.5, 0.6) is 11.5 Å². The van der Waals surface area contributed by atoms with Crippen LogP contribution in [0.25, 0.3) is 0 Å². The van der Waals surface area contributed by atoms with Gasteiger partial charge in [-0.2, -0.15) is 0 Å². The highest BCUT2D eigenvalue weighted by atomic mass is 79.9. The third kappa shape index (κ3) is 6.50. The molecule has 4 rings (SSSR count). The third-order valence-electron chi connectivity index (χ3n) is 6.83. The van der Waals surface area contributed by atoms with Crippen molar-refractivity contribution in [3.63, 3.8) is 0 Å². The molecule has 0 radical (unpaired) electrons. The fourth-order valence-electron chi connectivity index (χ4n) is 5.10. The highest BCUT2D eigenvalue weighted by Gasteiger charge is 2.31. The number of rotatable bonds is 8. The maximum Gasteiger partial charge on any atom is 0.244 e. The highest BCUT2D eigenvalue weighted by molar-refractivity contribution is 9.10. The summed E-state index contributed by atoms with van der Waals surface area (Å²) in [5.74, 6) is 1.30. The van der Waals surface area contributed by atoms with Gasteiger partial charge < -0.3 is 14.4 Å². The van der Waals surface area contributed by atoms with Crippen LogP contribution >= 0.6 is 15.9 Å². The van der Waals surface area contributed by atoms with E-state index in [0.29, 0.717) is 16.3 Å². The summed E-state index contributed by atoms with van der Waals surface area (Å²) in [7, 11) is -2.17. The number of nitrogens with zero attached hydrogens (tertiary/aromatic N) is 2. The normalized spacial score (nSPS) is 21.8. The van der Waals surface area contributed by atoms with Crippen molar-refractivity contribution in [2.24, 2.45) is 0 Å². The number of benzene rings is 2. The van der Waals surface area contributed by atoms with E-state index in [1.54, 1.807) is 18.2 Å². The molecule has 35 heavy (non-hydrogen) atoms. The Morgan fingerprint density at radius 2 is 1.66 bits per heavy atom. The molecule has 2 aromatic rings. The first kappa shape index (κ1) is 26.3. The molecule has 0 amide bonds. The van der Waals surface area contributed by atoms with Crippen LogP contribution in [0.15, 0.2) is 51.8 Å². The second-order valence-electron chi connectivity index (χ2n) is 9.58. The monoisotopic (exact) mass is 565 g/mol. The molecule has 1 saturated carbocycles. The molecule has 192 valence electrons. The van der Waals surface area contributed by atoms with E-state index in [2.05, 4.69) is 56.4 Å². The van der Waals surface area contributed by atoms with Crippen LogP contribution in [0.2, 0.25) is 0 Å². The van der Waals surface area contributed by atoms with E-state index in [1.807, 2.05) is 12.1 Å². The molecule has 9 heteroatoms. The lowest BCUT2D eigenvalue weighted by Gasteiger charge is -2.43. The van der Waals surface area contributed by atoms with Gasteiger partial charge in [-0.05, 0) is 69.9 Å². The number of para-hydroxylation sites is 2. The summed E-state index contributed by atoms with van der Waals surface area (Å²) in [6.45, 7) is 8.06. The number of methoxy groups -OCH3 is 1. The van der Waals surface area contributed by atoms with Gasteiger partial charge in [0, 0.05) is 42.7 Å². The SMILES string of the molecule is COc1ccc(Br)cc1S(=O)(=O)NC1CCC(N2CCN(c3ccccc3OC(C)C)CC2)CC1. The van der Waals surface area contributed by atoms with Gasteiger partial charge in [-0.15, -0.1) is 0 Å². The van der Waals surface area contributed by atoms with Crippen LogP contribution in [0.4, 0.5) is 5.69 Å². The Labute approximate surface area is 218 Å². The van der Waals surface area contributed by atoms with Crippen LogP contribution in [0.1, 0.15) is 39.5 Å². The number of anilines is 1. The molecule has 1 aliphatic heterocycles. The van der Waals surface area contributed by atoms with Crippen molar-refractivity contribution in [1.82, 2.24) is 9.62 Å². The molecule has 0 atom stereocenters. The maximum absolute atomic E-state index is 13.0. The van der Waals surface area contributed by atoms with E-state index < -0.39 is 10.0 Å². The van der Waals surface area contributed by atoms with Gasteiger partial charge in [0.05, 0.1) is 18.9 Å². The zero-order chi connectivity index (χ0) is 25.0. The van der Waals surface area contributed by atoms with Crippen molar-refractivity contribution in [3.8, 4) is 11.5 Å². The summed E-state index contributed by atoms with van der Waals surface area (Å²) in [5, 5.41) is 0. The molecule has 7 nitrogen and oxygen atoms in total. The first-order valence-corrected chi connectivity index (χ1v) is 14.6. The average molecular weight is 567 g/mol. The van der Waals surface area contributed by atoms with Gasteiger partial charge in [-0.25, -0.2) is 13.1 Å². The van der Waals surface area contributed by atoms with Gasteiger partial charge in [0.2, 0.25) is 10.0 Å². The molecule has 0 spiro atoms. The predicted molar refractivity (Wildman–Crippen MR) is 143 cm³/mol. The molecule has 0 unspecified atom stereocenters. The van der Waals surface area contributed by atoms with Gasteiger partial charge in [-0.1, -0.05) is 28.1 Å². The lowest BCUT2D eigenvalue weighted by atomic mass is 9.90. The number of nitrogens with one attached hydrogen (secondary N) is 1. The van der Waals surface area contributed by atoms with Crippen molar-refractivity contribution in [1.29, 1.82) is 0 Å². The Kier molecular flexibility index (Phi) is 8.63. The molecule has 0 aromatic heterocycles. The Hall–Kier alpha value is -1.81. The molecular weight excluding hydrogens is 530 g/mol. The molecular formula is C26H36BrN3O4S. The van der Waals surface area contributed by atoms with Gasteiger partial charge in [0.25, 0.3) is 0 Å². The van der Waals surface area contributed by atoms with E-state index in [9.17, 15) is 8.42 Å². The van der Waals surface area contributed by atoms with Crippen LogP contribution < -0.4 is 19.1 Å². The van der Waals surface area contributed by atoms with Gasteiger partial charge in [0.1, 0.15) is 16.4 Å². The molecule has 1 saturated heterocycles. The van der Waals surface area contributed by atoms with Crippen LogP contribution in [-0.4, -0.2) is 64.8 Å². The topological polar surface area (TPSA) is 71.1 Å². The number of halogens is 1. The first-order chi connectivity index (χ1) is 16.8. The molecule has 2 aliphatic rings. The van der Waals surface area contributed by atoms with Gasteiger partial charge >= 0.3 is 0 Å². The quantitative estimate of drug-likeness (QED) is 0.502. The summed E-state index contributed by atoms with van der Waals surface area (Å²) in [4.78, 5) is 5.17. The molecule has 1 N–H and O–H groups in total. The van der Waals surface area contributed by atoms with E-state index in [1.165, 1.54) is 12.8 Å². The Balaban J connectivity index is 1.30. The predicted octanol–water partition coefficient (Wildman–Crippen LogP) is 4.66. The van der Waals surface area contributed by atoms with E-state index >= 15 is 0 Å². The molecule has 2 aromatic carbocycles. The summed E-state index contributed by atoms with van der Waals surface area (Å²) in [5.41, 5.74) is 1.17. The van der Waals surface area contributed by atoms with Crippen molar-refractivity contribution in [3.05, 3.63) is 46.9 Å². The standard InChI is InChI=1S/C26H36BrN3O4S/c1-19(2)34-24-7-5-4-6-23(24)30-16-14-29(15-17-30)22-11-9-21(10-12-22)28-35(31,32)26-18-20(27)8-13-25(26)33-3/h4-8,13,18-19,21-22,28H,9-12,14-17H2,1-3H3. The number of ether oxygens (including phenoxy) is 2. The summed E-state index contributed by atoms with van der Waals surface area (Å²) >= 11 is 3.36. The average Bonchev–Trinajstić information content (AvgIpc) is 2.84. The molecule has 1 heterocycles. The van der Waals surface area contributed by atoms with Crippen molar-refractivity contribution >= 4 is 31.6 Å². The lowest BCUT2D eigenvalue weighted by Crippen LogP contribution is -2.52. The minimum atomic E-state index is -3.66. The fourth-order valence-corrected chi connectivity index (χ4v) is 7.11. The Morgan fingerprint density at radius 3 is 2.31 bits per heavy atom. The Bertz CT molecular complexity index is 1100. The fraction of sp³-hybridized carbons (Fsp3) is 0.538. The van der Waals surface area contributed by atoms with E-state index in [-0.39, 0.29) is 17.0 Å². The van der Waals surface area contributed by atoms with Crippen LogP contribution in [0.3, 0.4) is 0 Å². The van der Waals surface area contributed by atoms with Crippen LogP contribution in [0, 0.1) is 0 Å². The van der Waals surface area contributed by atoms with Crippen LogP contribution in [-0.2, 0) is 10.0 Å². The summed E-state index contributed by atoms with van der Waals surface area (Å²) in [6, 6.07) is 13.8. The second-order valence-corrected chi connectivity index (χ2v) is 12.2. The smallest absolute Gasteiger partial charge is 0.244 e. The third-order valence-corrected chi connectivity index (χ3v) is 8.87. The number of sulfonamides is 1. The van der Waals surface area contributed by atoms with E-state index in [0.717, 1.165) is 57.6 Å². The van der Waals surface area contributed by atoms with Crippen molar-refractivity contribution < 1.29 is 17.9 Å². The molecule has 0 bridgehead atoms. The minimum absolute atomic E-state index is 0.0544. The first-order valence-electron chi connectivity index (χ1n) is 12.4. The largest absolute Gasteiger partial charge is 0.495 e. The van der Waals surface area contributed by atoms with Gasteiger partial charge in [-0.3, -0.25) is 4.90 Å². The molecule has 1 aliphatic carbocycles. The van der Waals surface area contributed by atoms with Gasteiger partial charge in [0.15, 0.2) is 0 Å². The number of hydrogen-bond donors (Lipinski definition) is 1. The minimum Gasteiger partial charge on any atom is -0.495 e. The van der Waals surface area contributed by atoms with Crippen molar-refractivity contribution in [2.45, 2.75) is 62.6 Å². The number of hydrogen-bond acceptors (Lipinski definition) is 6. The van der Waals surface area contributed by atoms with Crippen molar-refractivity contribution in [2.75, 3.05) is 38.2 Å². The zero-order valence-corrected chi connectivity index (χ0v) is 23.1. The maximum atomic E-state index is 13.0. The summed E-state index contributed by atoms with van der Waals surface area (Å²) in [6.07, 6.45) is 3.82. The summed E-state index contributed by atoms with van der Waals surface area (Å²) < 4.78 is 41.0. The Morgan fingerprint density at radius 1 is 0.971 bits per heavy atom. The highest BCUT2D eigenvalue weighted by Crippen LogP contribution is 2.32. The molecule has 2 fully saturated rings. The second kappa shape index (κ2) is 11.5. The lowest BCUT2D eigenvalue weighted by molar-refractivity contribution is 0.139.